The van der Waals surface area contributed by atoms with Gasteiger partial charge >= 0.3 is 0 Å². The molecule has 0 aliphatic heterocycles. The zero-order valence-corrected chi connectivity index (χ0v) is 24.7. The number of aliphatic hydroxyl groups is 3. The van der Waals surface area contributed by atoms with E-state index in [-0.39, 0.29) is 43.9 Å². The van der Waals surface area contributed by atoms with E-state index >= 15 is 0 Å². The van der Waals surface area contributed by atoms with Gasteiger partial charge in [0.1, 0.15) is 12.2 Å². The summed E-state index contributed by atoms with van der Waals surface area (Å²) in [5.74, 6) is 0.214. The van der Waals surface area contributed by atoms with Crippen LogP contribution in [0.25, 0.3) is 0 Å². The van der Waals surface area contributed by atoms with Crippen molar-refractivity contribution >= 4 is 34.4 Å². The second-order valence-electron chi connectivity index (χ2n) is 10.2. The highest BCUT2D eigenvalue weighted by Gasteiger charge is 2.42. The molecule has 4 rings (SSSR count). The van der Waals surface area contributed by atoms with E-state index in [4.69, 9.17) is 9.47 Å². The van der Waals surface area contributed by atoms with Gasteiger partial charge < -0.3 is 35.0 Å². The van der Waals surface area contributed by atoms with E-state index in [1.165, 1.54) is 7.11 Å². The van der Waals surface area contributed by atoms with Gasteiger partial charge in [0.25, 0.3) is 0 Å². The molecule has 40 heavy (non-hydrogen) atoms. The number of aliphatic hydroxyl groups excluding tert-OH is 3. The zero-order valence-electron chi connectivity index (χ0n) is 22.6. The lowest BCUT2D eigenvalue weighted by Gasteiger charge is -2.41. The predicted molar refractivity (Wildman–Crippen MR) is 158 cm³/mol. The molecule has 2 amide bonds. The Morgan fingerprint density at radius 1 is 1.10 bits per heavy atom. The van der Waals surface area contributed by atoms with Gasteiger partial charge in [0.15, 0.2) is 11.5 Å². The number of carbonyl (C=O) groups excluding carboxylic acids is 2. The van der Waals surface area contributed by atoms with Crippen LogP contribution in [-0.4, -0.2) is 70.5 Å². The minimum atomic E-state index is -1.14. The van der Waals surface area contributed by atoms with Crippen LogP contribution in [0.1, 0.15) is 43.2 Å². The maximum Gasteiger partial charge on any atom is 0.247 e. The van der Waals surface area contributed by atoms with E-state index in [9.17, 15) is 24.9 Å². The van der Waals surface area contributed by atoms with Gasteiger partial charge in [-0.3, -0.25) is 9.59 Å². The lowest BCUT2D eigenvalue weighted by atomic mass is 9.87. The van der Waals surface area contributed by atoms with Crippen LogP contribution in [0.15, 0.2) is 54.1 Å². The van der Waals surface area contributed by atoms with Crippen molar-refractivity contribution in [3.05, 3.63) is 68.8 Å². The highest BCUT2D eigenvalue weighted by Crippen LogP contribution is 2.38. The summed E-state index contributed by atoms with van der Waals surface area (Å²) in [6.07, 6.45) is 3.22. The quantitative estimate of drug-likeness (QED) is 0.272. The molecule has 2 aliphatic rings. The van der Waals surface area contributed by atoms with Crippen LogP contribution < -0.4 is 14.8 Å². The Bertz CT molecular complexity index is 1200. The van der Waals surface area contributed by atoms with Crippen LogP contribution in [0, 0.1) is 9.49 Å². The average molecular weight is 665 g/mol. The highest BCUT2D eigenvalue weighted by molar-refractivity contribution is 14.1. The van der Waals surface area contributed by atoms with Gasteiger partial charge in [-0.1, -0.05) is 43.2 Å². The van der Waals surface area contributed by atoms with Gasteiger partial charge in [-0.05, 0) is 64.8 Å². The van der Waals surface area contributed by atoms with Crippen LogP contribution in [-0.2, 0) is 22.7 Å². The topological polar surface area (TPSA) is 129 Å². The second kappa shape index (κ2) is 14.3. The maximum atomic E-state index is 13.9. The van der Waals surface area contributed by atoms with E-state index in [1.807, 2.05) is 30.3 Å². The molecule has 216 valence electrons. The summed E-state index contributed by atoms with van der Waals surface area (Å²) in [7, 11) is 1.49. The third kappa shape index (κ3) is 7.15. The number of benzene rings is 2. The number of amides is 2. The van der Waals surface area contributed by atoms with Crippen LogP contribution in [0.3, 0.4) is 0 Å². The van der Waals surface area contributed by atoms with Gasteiger partial charge in [-0.15, -0.1) is 0 Å². The number of halogens is 1. The fourth-order valence-corrected chi connectivity index (χ4v) is 6.23. The summed E-state index contributed by atoms with van der Waals surface area (Å²) in [6, 6.07) is 12.3. The SMILES string of the molecule is COc1cc(CO)cc(I)c1O[C@H]1C=C(C(=O)NCCO)C[C@@H](N(Cc2ccccc2)C(=O)C2CCCC2)[C@@H]1O. The molecule has 2 aliphatic carbocycles. The summed E-state index contributed by atoms with van der Waals surface area (Å²) >= 11 is 2.08. The van der Waals surface area contributed by atoms with E-state index < -0.39 is 18.2 Å². The molecule has 0 bridgehead atoms. The predicted octanol–water partition coefficient (Wildman–Crippen LogP) is 2.93. The Kier molecular flexibility index (Phi) is 10.8. The maximum absolute atomic E-state index is 13.9. The molecule has 1 fully saturated rings. The number of hydrogen-bond donors (Lipinski definition) is 4. The molecule has 10 heteroatoms. The fourth-order valence-electron chi connectivity index (χ4n) is 5.44. The van der Waals surface area contributed by atoms with Crippen molar-refractivity contribution in [1.29, 1.82) is 0 Å². The molecule has 0 aromatic heterocycles. The van der Waals surface area contributed by atoms with Gasteiger partial charge in [-0.2, -0.15) is 0 Å². The van der Waals surface area contributed by atoms with Crippen molar-refractivity contribution in [2.45, 2.75) is 63.5 Å². The molecule has 1 saturated carbocycles. The van der Waals surface area contributed by atoms with Crippen molar-refractivity contribution in [3.63, 3.8) is 0 Å². The van der Waals surface area contributed by atoms with Crippen molar-refractivity contribution in [2.24, 2.45) is 5.92 Å². The second-order valence-corrected chi connectivity index (χ2v) is 11.4. The average Bonchev–Trinajstić information content (AvgIpc) is 3.52. The molecule has 3 atom stereocenters. The van der Waals surface area contributed by atoms with Crippen LogP contribution >= 0.6 is 22.6 Å². The number of hydrogen-bond acceptors (Lipinski definition) is 7. The van der Waals surface area contributed by atoms with Gasteiger partial charge in [0.05, 0.1) is 29.9 Å². The first-order valence-electron chi connectivity index (χ1n) is 13.6. The number of methoxy groups -OCH3 is 1. The Balaban J connectivity index is 1.72. The van der Waals surface area contributed by atoms with Gasteiger partial charge in [0, 0.05) is 31.0 Å². The largest absolute Gasteiger partial charge is 0.493 e. The monoisotopic (exact) mass is 664 g/mol. The highest BCUT2D eigenvalue weighted by atomic mass is 127. The van der Waals surface area contributed by atoms with Crippen molar-refractivity contribution in [1.82, 2.24) is 10.2 Å². The standard InChI is InChI=1S/C30H37IN2O7/c1-39-26-14-20(18-35)13-23(31)28(26)40-25-16-22(29(37)32-11-12-34)15-24(27(25)36)33(17-19-7-3-2-4-8-19)30(38)21-9-5-6-10-21/h2-4,7-8,13-14,16,21,24-25,27,34-36H,5-6,9-12,15,17-18H2,1H3,(H,32,37)/t24-,25+,27+/m1/s1. The van der Waals surface area contributed by atoms with Crippen molar-refractivity contribution < 1.29 is 34.4 Å². The third-order valence-electron chi connectivity index (χ3n) is 7.52. The summed E-state index contributed by atoms with van der Waals surface area (Å²) in [6.45, 7) is -0.00825. The molecule has 9 nitrogen and oxygen atoms in total. The van der Waals surface area contributed by atoms with E-state index in [2.05, 4.69) is 27.9 Å². The molecule has 4 N–H and O–H groups in total. The molecule has 0 unspecified atom stereocenters. The number of nitrogens with one attached hydrogen (secondary N) is 1. The molecule has 0 radical (unpaired) electrons. The first-order valence-corrected chi connectivity index (χ1v) is 14.7. The molecule has 2 aromatic carbocycles. The minimum absolute atomic E-state index is 0.0272. The molecule has 0 saturated heterocycles. The number of nitrogens with zero attached hydrogens (tertiary/aromatic N) is 1. The number of carbonyl (C=O) groups is 2. The molecule has 2 aromatic rings. The summed E-state index contributed by atoms with van der Waals surface area (Å²) in [5.41, 5.74) is 1.94. The van der Waals surface area contributed by atoms with Crippen molar-refractivity contribution in [2.75, 3.05) is 20.3 Å². The first kappa shape index (κ1) is 30.3. The Morgan fingerprint density at radius 3 is 2.48 bits per heavy atom. The molecular formula is C30H37IN2O7. The summed E-state index contributed by atoms with van der Waals surface area (Å²) < 4.78 is 12.5. The van der Waals surface area contributed by atoms with Crippen LogP contribution in [0.2, 0.25) is 0 Å². The molecule has 0 spiro atoms. The number of ether oxygens (including phenoxy) is 2. The fraction of sp³-hybridized carbons (Fsp3) is 0.467. The lowest BCUT2D eigenvalue weighted by molar-refractivity contribution is -0.143. The van der Waals surface area contributed by atoms with Gasteiger partial charge in [-0.25, -0.2) is 0 Å². The van der Waals surface area contributed by atoms with E-state index in [1.54, 1.807) is 23.1 Å². The first-order chi connectivity index (χ1) is 19.4. The lowest BCUT2D eigenvalue weighted by Crippen LogP contribution is -2.55. The minimum Gasteiger partial charge on any atom is -0.493 e. The van der Waals surface area contributed by atoms with E-state index in [0.717, 1.165) is 31.2 Å². The van der Waals surface area contributed by atoms with Crippen molar-refractivity contribution in [3.8, 4) is 11.5 Å². The van der Waals surface area contributed by atoms with Gasteiger partial charge in [0.2, 0.25) is 11.8 Å². The smallest absolute Gasteiger partial charge is 0.247 e. The normalized spacial score (nSPS) is 21.0. The van der Waals surface area contributed by atoms with Crippen LogP contribution in [0.5, 0.6) is 11.5 Å². The summed E-state index contributed by atoms with van der Waals surface area (Å²) in [5, 5.41) is 33.3. The summed E-state index contributed by atoms with van der Waals surface area (Å²) in [4.78, 5) is 28.7. The Labute approximate surface area is 248 Å². The third-order valence-corrected chi connectivity index (χ3v) is 8.32. The Hall–Kier alpha value is -2.67. The molecular weight excluding hydrogens is 627 g/mol. The Morgan fingerprint density at radius 2 is 1.82 bits per heavy atom. The zero-order chi connectivity index (χ0) is 28.6. The van der Waals surface area contributed by atoms with E-state index in [0.29, 0.717) is 32.8 Å². The molecule has 0 heterocycles. The number of rotatable bonds is 11. The van der Waals surface area contributed by atoms with Crippen LogP contribution in [0.4, 0.5) is 0 Å².